The Kier molecular flexibility index (Phi) is 15.1. The molecule has 0 aromatic rings. The first-order valence-corrected chi connectivity index (χ1v) is 8.22. The smallest absolute Gasteiger partial charge is 0.154 e. The van der Waals surface area contributed by atoms with Gasteiger partial charge in [-0.2, -0.15) is 0 Å². The highest BCUT2D eigenvalue weighted by atomic mass is 16.7. The first-order chi connectivity index (χ1) is 9.70. The van der Waals surface area contributed by atoms with Crippen LogP contribution >= 0.6 is 0 Å². The molecule has 20 heavy (non-hydrogen) atoms. The van der Waals surface area contributed by atoms with Crippen molar-refractivity contribution >= 4 is 0 Å². The van der Waals surface area contributed by atoms with Crippen molar-refractivity contribution in [2.45, 2.75) is 84.0 Å². The molecule has 4 heteroatoms. The molecule has 0 aromatic carbocycles. The molecule has 0 aliphatic carbocycles. The van der Waals surface area contributed by atoms with Crippen LogP contribution in [0, 0.1) is 0 Å². The van der Waals surface area contributed by atoms with Gasteiger partial charge in [0.2, 0.25) is 0 Å². The molecule has 0 bridgehead atoms. The summed E-state index contributed by atoms with van der Waals surface area (Å²) < 4.78 is 10.8. The fraction of sp³-hybridized carbons (Fsp3) is 1.00. The zero-order valence-corrected chi connectivity index (χ0v) is 13.4. The van der Waals surface area contributed by atoms with Crippen LogP contribution in [0.3, 0.4) is 0 Å². The van der Waals surface area contributed by atoms with E-state index in [-0.39, 0.29) is 12.9 Å². The van der Waals surface area contributed by atoms with Gasteiger partial charge >= 0.3 is 0 Å². The molecule has 0 amide bonds. The predicted molar refractivity (Wildman–Crippen MR) is 81.7 cm³/mol. The number of aliphatic hydroxyl groups excluding tert-OH is 2. The molecule has 122 valence electrons. The van der Waals surface area contributed by atoms with Gasteiger partial charge in [-0.3, -0.25) is 0 Å². The molecule has 0 aliphatic rings. The van der Waals surface area contributed by atoms with Crippen LogP contribution in [0.1, 0.15) is 71.6 Å². The number of hydrogen-bond acceptors (Lipinski definition) is 4. The molecular weight excluding hydrogens is 256 g/mol. The summed E-state index contributed by atoms with van der Waals surface area (Å²) in [5, 5.41) is 17.9. The second-order valence-electron chi connectivity index (χ2n) is 5.35. The van der Waals surface area contributed by atoms with E-state index in [1.54, 1.807) is 0 Å². The third-order valence-corrected chi connectivity index (χ3v) is 3.40. The van der Waals surface area contributed by atoms with Crippen molar-refractivity contribution in [2.24, 2.45) is 0 Å². The molecule has 0 heterocycles. The fourth-order valence-corrected chi connectivity index (χ4v) is 2.17. The van der Waals surface area contributed by atoms with E-state index in [0.717, 1.165) is 32.3 Å². The van der Waals surface area contributed by atoms with Crippen LogP contribution in [0.2, 0.25) is 0 Å². The lowest BCUT2D eigenvalue weighted by Gasteiger charge is -2.12. The summed E-state index contributed by atoms with van der Waals surface area (Å²) in [6.07, 6.45) is 9.70. The highest BCUT2D eigenvalue weighted by Crippen LogP contribution is 2.11. The molecule has 0 rings (SSSR count). The van der Waals surface area contributed by atoms with Gasteiger partial charge in [-0.1, -0.05) is 44.9 Å². The van der Waals surface area contributed by atoms with Crippen LogP contribution in [0.25, 0.3) is 0 Å². The van der Waals surface area contributed by atoms with Crippen molar-refractivity contribution in [1.29, 1.82) is 0 Å². The van der Waals surface area contributed by atoms with E-state index in [1.807, 2.05) is 13.8 Å². The van der Waals surface area contributed by atoms with Crippen LogP contribution in [-0.2, 0) is 9.47 Å². The predicted octanol–water partition coefficient (Wildman–Crippen LogP) is 3.25. The molecule has 0 spiro atoms. The molecule has 0 aliphatic heterocycles. The van der Waals surface area contributed by atoms with E-state index in [1.165, 1.54) is 32.1 Å². The minimum atomic E-state index is -0.519. The minimum absolute atomic E-state index is 0.0747. The second-order valence-corrected chi connectivity index (χ2v) is 5.35. The SMILES string of the molecule is CCOC(C)OCCCCCCCCCC[C@@H](O)CO. The van der Waals surface area contributed by atoms with Gasteiger partial charge in [0, 0.05) is 13.2 Å². The minimum Gasteiger partial charge on any atom is -0.394 e. The lowest BCUT2D eigenvalue weighted by molar-refractivity contribution is -0.127. The summed E-state index contributed by atoms with van der Waals surface area (Å²) in [5.41, 5.74) is 0. The zero-order chi connectivity index (χ0) is 15.1. The van der Waals surface area contributed by atoms with Gasteiger partial charge in [0.25, 0.3) is 0 Å². The second kappa shape index (κ2) is 15.2. The average Bonchev–Trinajstić information content (AvgIpc) is 2.44. The monoisotopic (exact) mass is 290 g/mol. The van der Waals surface area contributed by atoms with Crippen molar-refractivity contribution in [3.05, 3.63) is 0 Å². The first-order valence-electron chi connectivity index (χ1n) is 8.22. The van der Waals surface area contributed by atoms with Gasteiger partial charge in [0.05, 0.1) is 12.7 Å². The van der Waals surface area contributed by atoms with Crippen molar-refractivity contribution in [1.82, 2.24) is 0 Å². The summed E-state index contributed by atoms with van der Waals surface area (Å²) >= 11 is 0. The number of rotatable bonds is 15. The highest BCUT2D eigenvalue weighted by Gasteiger charge is 2.01. The largest absolute Gasteiger partial charge is 0.394 e. The summed E-state index contributed by atoms with van der Waals surface area (Å²) in [6.45, 7) is 5.31. The normalized spacial score (nSPS) is 14.4. The van der Waals surface area contributed by atoms with Crippen molar-refractivity contribution in [3.8, 4) is 0 Å². The van der Waals surface area contributed by atoms with Crippen molar-refractivity contribution < 1.29 is 19.7 Å². The van der Waals surface area contributed by atoms with Gasteiger partial charge in [0.15, 0.2) is 6.29 Å². The number of aliphatic hydroxyl groups is 2. The van der Waals surface area contributed by atoms with Gasteiger partial charge in [0.1, 0.15) is 0 Å². The molecular formula is C16H34O4. The summed E-state index contributed by atoms with van der Waals surface area (Å²) in [4.78, 5) is 0. The van der Waals surface area contributed by atoms with E-state index in [2.05, 4.69) is 0 Å². The molecule has 0 aromatic heterocycles. The Morgan fingerprint density at radius 1 is 0.850 bits per heavy atom. The molecule has 1 unspecified atom stereocenters. The van der Waals surface area contributed by atoms with E-state index in [9.17, 15) is 5.11 Å². The average molecular weight is 290 g/mol. The van der Waals surface area contributed by atoms with E-state index in [0.29, 0.717) is 6.61 Å². The van der Waals surface area contributed by atoms with Gasteiger partial charge in [-0.25, -0.2) is 0 Å². The lowest BCUT2D eigenvalue weighted by Crippen LogP contribution is -2.13. The lowest BCUT2D eigenvalue weighted by atomic mass is 10.1. The quantitative estimate of drug-likeness (QED) is 0.359. The zero-order valence-electron chi connectivity index (χ0n) is 13.4. The van der Waals surface area contributed by atoms with Crippen LogP contribution in [0.4, 0.5) is 0 Å². The summed E-state index contributed by atoms with van der Waals surface area (Å²) in [7, 11) is 0. The maximum Gasteiger partial charge on any atom is 0.154 e. The van der Waals surface area contributed by atoms with Crippen LogP contribution in [0.5, 0.6) is 0 Å². The Morgan fingerprint density at radius 2 is 1.40 bits per heavy atom. The Labute approximate surface area is 124 Å². The molecule has 0 radical (unpaired) electrons. The molecule has 2 N–H and O–H groups in total. The Bertz CT molecular complexity index is 187. The third kappa shape index (κ3) is 14.3. The Balaban J connectivity index is 3.06. The third-order valence-electron chi connectivity index (χ3n) is 3.40. The van der Waals surface area contributed by atoms with Gasteiger partial charge in [-0.05, 0) is 26.7 Å². The van der Waals surface area contributed by atoms with Crippen LogP contribution < -0.4 is 0 Å². The summed E-state index contributed by atoms with van der Waals surface area (Å²) in [5.74, 6) is 0. The molecule has 0 fully saturated rings. The number of unbranched alkanes of at least 4 members (excludes halogenated alkanes) is 7. The topological polar surface area (TPSA) is 58.9 Å². The first kappa shape index (κ1) is 19.8. The Morgan fingerprint density at radius 3 is 1.95 bits per heavy atom. The van der Waals surface area contributed by atoms with Crippen LogP contribution in [-0.4, -0.2) is 42.4 Å². The maximum atomic E-state index is 9.18. The Hall–Kier alpha value is -0.160. The van der Waals surface area contributed by atoms with Crippen molar-refractivity contribution in [2.75, 3.05) is 19.8 Å². The van der Waals surface area contributed by atoms with E-state index in [4.69, 9.17) is 14.6 Å². The molecule has 2 atom stereocenters. The summed E-state index contributed by atoms with van der Waals surface area (Å²) in [6, 6.07) is 0. The van der Waals surface area contributed by atoms with E-state index >= 15 is 0 Å². The van der Waals surface area contributed by atoms with Gasteiger partial charge < -0.3 is 19.7 Å². The fourth-order valence-electron chi connectivity index (χ4n) is 2.17. The molecule has 4 nitrogen and oxygen atoms in total. The van der Waals surface area contributed by atoms with Gasteiger partial charge in [-0.15, -0.1) is 0 Å². The standard InChI is InChI=1S/C16H34O4/c1-3-19-15(2)20-13-11-9-7-5-4-6-8-10-12-16(18)14-17/h15-18H,3-14H2,1-2H3/t15?,16-/m1/s1. The number of ether oxygens (including phenoxy) is 2. The number of hydrogen-bond donors (Lipinski definition) is 2. The van der Waals surface area contributed by atoms with Crippen LogP contribution in [0.15, 0.2) is 0 Å². The van der Waals surface area contributed by atoms with E-state index < -0.39 is 6.10 Å². The highest BCUT2D eigenvalue weighted by molar-refractivity contribution is 4.53. The maximum absolute atomic E-state index is 9.18. The molecule has 0 saturated carbocycles. The van der Waals surface area contributed by atoms with Crippen molar-refractivity contribution in [3.63, 3.8) is 0 Å². The molecule has 0 saturated heterocycles.